The zero-order valence-corrected chi connectivity index (χ0v) is 17.3. The van der Waals surface area contributed by atoms with E-state index in [0.29, 0.717) is 29.2 Å². The fourth-order valence-corrected chi connectivity index (χ4v) is 3.80. The average molecular weight is 454 g/mol. The van der Waals surface area contributed by atoms with Gasteiger partial charge in [-0.25, -0.2) is 18.7 Å². The molecule has 11 heteroatoms. The van der Waals surface area contributed by atoms with E-state index in [4.69, 9.17) is 4.52 Å². The molecule has 1 aliphatic heterocycles. The van der Waals surface area contributed by atoms with Gasteiger partial charge in [-0.3, -0.25) is 4.68 Å². The van der Waals surface area contributed by atoms with Crippen molar-refractivity contribution in [3.63, 3.8) is 0 Å². The summed E-state index contributed by atoms with van der Waals surface area (Å²) in [6.45, 7) is 0.497. The van der Waals surface area contributed by atoms with Crippen molar-refractivity contribution >= 4 is 5.82 Å². The second kappa shape index (κ2) is 8.68. The molecule has 1 aliphatic rings. The number of aliphatic hydroxyl groups excluding tert-OH is 2. The Balaban J connectivity index is 1.53. The first-order chi connectivity index (χ1) is 16.0. The molecule has 9 nitrogen and oxygen atoms in total. The first kappa shape index (κ1) is 21.2. The number of hydrogen-bond acceptors (Lipinski definition) is 8. The number of halogens is 2. The largest absolute Gasteiger partial charge is 0.390 e. The third-order valence-electron chi connectivity index (χ3n) is 5.56. The maximum absolute atomic E-state index is 14.5. The highest BCUT2D eigenvalue weighted by molar-refractivity contribution is 5.63. The lowest BCUT2D eigenvalue weighted by atomic mass is 10.1. The summed E-state index contributed by atoms with van der Waals surface area (Å²) in [5.41, 5.74) is 1.80. The molecule has 0 bridgehead atoms. The molecule has 2 atom stereocenters. The summed E-state index contributed by atoms with van der Waals surface area (Å²) in [5, 5.41) is 28.2. The van der Waals surface area contributed by atoms with Crippen LogP contribution in [0.25, 0.3) is 22.9 Å². The molecular weight excluding hydrogens is 434 g/mol. The molecule has 0 radical (unpaired) electrons. The lowest BCUT2D eigenvalue weighted by Gasteiger charge is -2.34. The highest BCUT2D eigenvalue weighted by Crippen LogP contribution is 2.27. The number of rotatable bonds is 5. The maximum atomic E-state index is 14.5. The topological polar surface area (TPSA) is 113 Å². The molecule has 0 unspecified atom stereocenters. The number of β-amino-alcohol motifs (C(OH)–C–C–N with tert-alkyl or cyclic N) is 1. The highest BCUT2D eigenvalue weighted by atomic mass is 19.1. The number of aliphatic hydroxyl groups is 2. The number of aromatic nitrogens is 5. The van der Waals surface area contributed by atoms with Crippen molar-refractivity contribution < 1.29 is 23.5 Å². The predicted molar refractivity (Wildman–Crippen MR) is 113 cm³/mol. The van der Waals surface area contributed by atoms with E-state index in [1.807, 2.05) is 0 Å². The third kappa shape index (κ3) is 4.20. The van der Waals surface area contributed by atoms with Crippen LogP contribution in [0, 0.1) is 11.6 Å². The molecule has 1 aromatic carbocycles. The third-order valence-corrected chi connectivity index (χ3v) is 5.56. The van der Waals surface area contributed by atoms with E-state index in [9.17, 15) is 19.0 Å². The van der Waals surface area contributed by atoms with Crippen molar-refractivity contribution in [2.24, 2.45) is 0 Å². The number of hydrogen-bond donors (Lipinski definition) is 2. The quantitative estimate of drug-likeness (QED) is 0.472. The van der Waals surface area contributed by atoms with Crippen molar-refractivity contribution in [3.8, 4) is 22.9 Å². The lowest BCUT2D eigenvalue weighted by molar-refractivity contribution is 0.00772. The summed E-state index contributed by atoms with van der Waals surface area (Å²) in [6, 6.07) is 9.69. The van der Waals surface area contributed by atoms with E-state index in [0.717, 1.165) is 6.20 Å². The van der Waals surface area contributed by atoms with Gasteiger partial charge in [0.05, 0.1) is 30.6 Å². The highest BCUT2D eigenvalue weighted by Gasteiger charge is 2.29. The van der Waals surface area contributed by atoms with Gasteiger partial charge >= 0.3 is 0 Å². The smallest absolute Gasteiger partial charge is 0.183 e. The summed E-state index contributed by atoms with van der Waals surface area (Å²) in [6.07, 6.45) is 0.881. The maximum Gasteiger partial charge on any atom is 0.183 e. The van der Waals surface area contributed by atoms with Gasteiger partial charge in [-0.1, -0.05) is 23.4 Å². The van der Waals surface area contributed by atoms with E-state index in [-0.39, 0.29) is 37.0 Å². The summed E-state index contributed by atoms with van der Waals surface area (Å²) in [7, 11) is 0. The molecule has 1 fully saturated rings. The van der Waals surface area contributed by atoms with Crippen LogP contribution in [-0.2, 0) is 6.54 Å². The fraction of sp³-hybridized carbons (Fsp3) is 0.273. The Bertz CT molecular complexity index is 1260. The molecule has 2 N–H and O–H groups in total. The van der Waals surface area contributed by atoms with Crippen molar-refractivity contribution in [1.82, 2.24) is 24.9 Å². The van der Waals surface area contributed by atoms with Gasteiger partial charge in [-0.15, -0.1) is 0 Å². The molecule has 33 heavy (non-hydrogen) atoms. The van der Waals surface area contributed by atoms with Crippen LogP contribution in [0.1, 0.15) is 12.0 Å². The molecule has 0 aliphatic carbocycles. The van der Waals surface area contributed by atoms with Crippen LogP contribution in [0.4, 0.5) is 14.6 Å². The summed E-state index contributed by atoms with van der Waals surface area (Å²) >= 11 is 0. The van der Waals surface area contributed by atoms with E-state index in [2.05, 4.69) is 20.2 Å². The second-order valence-electron chi connectivity index (χ2n) is 7.78. The van der Waals surface area contributed by atoms with Gasteiger partial charge in [0.15, 0.2) is 17.5 Å². The Hall–Kier alpha value is -3.70. The molecule has 0 spiro atoms. The number of anilines is 1. The molecular formula is C22H20F2N6O3. The Morgan fingerprint density at radius 2 is 1.91 bits per heavy atom. The van der Waals surface area contributed by atoms with Gasteiger partial charge < -0.3 is 19.6 Å². The van der Waals surface area contributed by atoms with E-state index in [1.54, 1.807) is 39.9 Å². The van der Waals surface area contributed by atoms with Crippen LogP contribution < -0.4 is 4.90 Å². The Morgan fingerprint density at radius 3 is 2.67 bits per heavy atom. The zero-order chi connectivity index (χ0) is 22.9. The minimum Gasteiger partial charge on any atom is -0.390 e. The molecule has 5 rings (SSSR count). The van der Waals surface area contributed by atoms with Crippen LogP contribution in [-0.4, -0.2) is 60.4 Å². The van der Waals surface area contributed by atoms with Crippen molar-refractivity contribution in [2.75, 3.05) is 18.0 Å². The lowest BCUT2D eigenvalue weighted by Crippen LogP contribution is -2.47. The van der Waals surface area contributed by atoms with Gasteiger partial charge in [0.1, 0.15) is 23.5 Å². The summed E-state index contributed by atoms with van der Waals surface area (Å²) < 4.78 is 35.3. The molecule has 1 saturated heterocycles. The fourth-order valence-electron chi connectivity index (χ4n) is 3.80. The van der Waals surface area contributed by atoms with Crippen LogP contribution in [0.2, 0.25) is 0 Å². The molecule has 4 aromatic rings. The minimum absolute atomic E-state index is 0.0117. The van der Waals surface area contributed by atoms with Crippen LogP contribution in [0.15, 0.2) is 53.4 Å². The van der Waals surface area contributed by atoms with E-state index in [1.165, 1.54) is 12.3 Å². The van der Waals surface area contributed by atoms with Crippen molar-refractivity contribution in [1.29, 1.82) is 0 Å². The number of piperidine rings is 1. The number of benzene rings is 1. The van der Waals surface area contributed by atoms with Gasteiger partial charge in [0.2, 0.25) is 0 Å². The standard InChI is InChI=1S/C22H20F2N6O3/c23-14-4-2-1-3-13(14)11-30-18(16-6-8-33-28-16)9-17(27-30)21-25-10-15(24)22(26-21)29-7-5-19(31)20(32)12-29/h1-4,6,8-10,19-20,31-32H,5,7,11-12H2/t19-,20+/m0/s1. The van der Waals surface area contributed by atoms with Crippen molar-refractivity contribution in [2.45, 2.75) is 25.2 Å². The van der Waals surface area contributed by atoms with Gasteiger partial charge in [0.25, 0.3) is 0 Å². The Morgan fingerprint density at radius 1 is 1.06 bits per heavy atom. The zero-order valence-electron chi connectivity index (χ0n) is 17.3. The Labute approximate surface area is 186 Å². The molecule has 0 saturated carbocycles. The van der Waals surface area contributed by atoms with Crippen LogP contribution in [0.3, 0.4) is 0 Å². The van der Waals surface area contributed by atoms with Gasteiger partial charge in [-0.2, -0.15) is 5.10 Å². The average Bonchev–Trinajstić information content (AvgIpc) is 3.48. The summed E-state index contributed by atoms with van der Waals surface area (Å²) in [5.74, 6) is -0.849. The van der Waals surface area contributed by atoms with Crippen molar-refractivity contribution in [3.05, 3.63) is 66.1 Å². The SMILES string of the molecule is O[C@@H]1CN(c2nc(-c3cc(-c4ccon4)n(Cc4ccccc4F)n3)ncc2F)CC[C@@H]1O. The normalized spacial score (nSPS) is 18.6. The number of nitrogens with zero attached hydrogens (tertiary/aromatic N) is 6. The van der Waals surface area contributed by atoms with Crippen LogP contribution >= 0.6 is 0 Å². The van der Waals surface area contributed by atoms with E-state index >= 15 is 0 Å². The van der Waals surface area contributed by atoms with E-state index < -0.39 is 18.0 Å². The summed E-state index contributed by atoms with van der Waals surface area (Å²) in [4.78, 5) is 9.98. The first-order valence-electron chi connectivity index (χ1n) is 10.4. The monoisotopic (exact) mass is 454 g/mol. The van der Waals surface area contributed by atoms with Crippen LogP contribution in [0.5, 0.6) is 0 Å². The minimum atomic E-state index is -1.00. The van der Waals surface area contributed by atoms with Gasteiger partial charge in [0, 0.05) is 24.7 Å². The van der Waals surface area contributed by atoms with Gasteiger partial charge in [-0.05, 0) is 18.6 Å². The predicted octanol–water partition coefficient (Wildman–Crippen LogP) is 2.25. The molecule has 4 heterocycles. The Kier molecular flexibility index (Phi) is 5.56. The molecule has 3 aromatic heterocycles. The second-order valence-corrected chi connectivity index (χ2v) is 7.78. The first-order valence-corrected chi connectivity index (χ1v) is 10.4. The molecule has 170 valence electrons. The molecule has 0 amide bonds.